The molecule has 2 aromatic rings. The van der Waals surface area contributed by atoms with Crippen molar-refractivity contribution in [1.29, 1.82) is 0 Å². The number of imide groups is 1. The van der Waals surface area contributed by atoms with Crippen molar-refractivity contribution < 1.29 is 19.1 Å². The molecule has 2 aromatic carbocycles. The largest absolute Gasteiger partial charge is 0.465 e. The molecule has 0 saturated carbocycles. The molecule has 1 aliphatic heterocycles. The summed E-state index contributed by atoms with van der Waals surface area (Å²) < 4.78 is 4.65. The number of hydrogen-bond donors (Lipinski definition) is 1. The van der Waals surface area contributed by atoms with Gasteiger partial charge in [0.1, 0.15) is 5.70 Å². The van der Waals surface area contributed by atoms with Gasteiger partial charge in [0.25, 0.3) is 5.91 Å². The second-order valence-corrected chi connectivity index (χ2v) is 5.98. The Labute approximate surface area is 151 Å². The molecule has 1 fully saturated rings. The van der Waals surface area contributed by atoms with Gasteiger partial charge in [-0.15, -0.1) is 0 Å². The van der Waals surface area contributed by atoms with E-state index in [1.165, 1.54) is 12.0 Å². The second kappa shape index (κ2) is 7.23. The molecule has 1 aliphatic rings. The zero-order valence-electron chi connectivity index (χ0n) is 14.5. The topological polar surface area (TPSA) is 75.7 Å². The normalized spacial score (nSPS) is 15.3. The first kappa shape index (κ1) is 17.4. The summed E-state index contributed by atoms with van der Waals surface area (Å²) in [5, 5.41) is 2.59. The van der Waals surface area contributed by atoms with Crippen LogP contribution in [0.1, 0.15) is 27.0 Å². The van der Waals surface area contributed by atoms with Crippen LogP contribution in [0.3, 0.4) is 0 Å². The number of aryl methyl sites for hydroxylation is 1. The smallest absolute Gasteiger partial charge is 0.337 e. The first-order chi connectivity index (χ1) is 12.5. The number of urea groups is 1. The van der Waals surface area contributed by atoms with Crippen molar-refractivity contribution in [3.8, 4) is 0 Å². The predicted molar refractivity (Wildman–Crippen MR) is 96.0 cm³/mol. The minimum Gasteiger partial charge on any atom is -0.465 e. The minimum absolute atomic E-state index is 0.202. The zero-order chi connectivity index (χ0) is 18.7. The average Bonchev–Trinajstić information content (AvgIpc) is 2.91. The van der Waals surface area contributed by atoms with Gasteiger partial charge in [-0.25, -0.2) is 9.59 Å². The molecule has 0 bridgehead atoms. The number of rotatable bonds is 4. The number of esters is 1. The van der Waals surface area contributed by atoms with Gasteiger partial charge in [-0.3, -0.25) is 9.69 Å². The molecule has 6 heteroatoms. The van der Waals surface area contributed by atoms with E-state index in [9.17, 15) is 14.4 Å². The molecule has 1 saturated heterocycles. The summed E-state index contributed by atoms with van der Waals surface area (Å²) in [5.74, 6) is -0.814. The lowest BCUT2D eigenvalue weighted by molar-refractivity contribution is -0.123. The molecule has 0 unspecified atom stereocenters. The van der Waals surface area contributed by atoms with Gasteiger partial charge < -0.3 is 10.1 Å². The minimum atomic E-state index is -0.451. The molecule has 3 rings (SSSR count). The fourth-order valence-corrected chi connectivity index (χ4v) is 2.59. The van der Waals surface area contributed by atoms with E-state index in [0.29, 0.717) is 11.1 Å². The lowest BCUT2D eigenvalue weighted by atomic mass is 10.1. The zero-order valence-corrected chi connectivity index (χ0v) is 14.5. The number of nitrogens with zero attached hydrogens (tertiary/aromatic N) is 1. The van der Waals surface area contributed by atoms with Crippen molar-refractivity contribution in [1.82, 2.24) is 10.2 Å². The van der Waals surface area contributed by atoms with Crippen LogP contribution in [-0.4, -0.2) is 29.9 Å². The molecular weight excluding hydrogens is 332 g/mol. The van der Waals surface area contributed by atoms with Crippen LogP contribution in [0.5, 0.6) is 0 Å². The van der Waals surface area contributed by atoms with Crippen molar-refractivity contribution in [2.24, 2.45) is 0 Å². The van der Waals surface area contributed by atoms with Gasteiger partial charge in [0, 0.05) is 0 Å². The highest BCUT2D eigenvalue weighted by Gasteiger charge is 2.33. The summed E-state index contributed by atoms with van der Waals surface area (Å²) in [5.41, 5.74) is 3.30. The van der Waals surface area contributed by atoms with Gasteiger partial charge in [-0.05, 0) is 36.3 Å². The molecule has 0 spiro atoms. The van der Waals surface area contributed by atoms with Gasteiger partial charge in [-0.1, -0.05) is 42.0 Å². The van der Waals surface area contributed by atoms with Crippen molar-refractivity contribution in [3.63, 3.8) is 0 Å². The fourth-order valence-electron chi connectivity index (χ4n) is 2.59. The number of ether oxygens (including phenoxy) is 1. The Morgan fingerprint density at radius 2 is 1.73 bits per heavy atom. The SMILES string of the molecule is COC(=O)c1ccc(/C=C2/NC(=O)N(Cc3ccc(C)cc3)C2=O)cc1. The Hall–Kier alpha value is -3.41. The molecule has 6 nitrogen and oxygen atoms in total. The molecule has 0 radical (unpaired) electrons. The van der Waals surface area contributed by atoms with Crippen LogP contribution in [-0.2, 0) is 16.1 Å². The molecule has 0 atom stereocenters. The quantitative estimate of drug-likeness (QED) is 0.523. The average molecular weight is 350 g/mol. The third-order valence-electron chi connectivity index (χ3n) is 4.07. The first-order valence-electron chi connectivity index (χ1n) is 8.06. The number of nitrogens with one attached hydrogen (secondary N) is 1. The Kier molecular flexibility index (Phi) is 4.84. The number of methoxy groups -OCH3 is 1. The van der Waals surface area contributed by atoms with E-state index >= 15 is 0 Å². The molecular formula is C20H18N2O4. The number of amides is 3. The lowest BCUT2D eigenvalue weighted by Crippen LogP contribution is -2.30. The maximum atomic E-state index is 12.5. The monoisotopic (exact) mass is 350 g/mol. The summed E-state index contributed by atoms with van der Waals surface area (Å²) in [6, 6.07) is 13.8. The summed E-state index contributed by atoms with van der Waals surface area (Å²) in [6.45, 7) is 2.19. The van der Waals surface area contributed by atoms with Gasteiger partial charge in [-0.2, -0.15) is 0 Å². The molecule has 1 heterocycles. The number of carbonyl (C=O) groups is 3. The third kappa shape index (κ3) is 3.64. The van der Waals surface area contributed by atoms with E-state index in [1.807, 2.05) is 31.2 Å². The lowest BCUT2D eigenvalue weighted by Gasteiger charge is -2.11. The second-order valence-electron chi connectivity index (χ2n) is 5.98. The highest BCUT2D eigenvalue weighted by molar-refractivity contribution is 6.13. The van der Waals surface area contributed by atoms with Crippen LogP contribution in [0.25, 0.3) is 6.08 Å². The number of hydrogen-bond acceptors (Lipinski definition) is 4. The fraction of sp³-hybridized carbons (Fsp3) is 0.150. The Morgan fingerprint density at radius 3 is 2.35 bits per heavy atom. The van der Waals surface area contributed by atoms with Crippen LogP contribution in [0.4, 0.5) is 4.79 Å². The van der Waals surface area contributed by atoms with Crippen molar-refractivity contribution in [3.05, 3.63) is 76.5 Å². The van der Waals surface area contributed by atoms with Crippen LogP contribution >= 0.6 is 0 Å². The number of carbonyl (C=O) groups excluding carboxylic acids is 3. The maximum Gasteiger partial charge on any atom is 0.337 e. The Morgan fingerprint density at radius 1 is 1.08 bits per heavy atom. The highest BCUT2D eigenvalue weighted by atomic mass is 16.5. The van der Waals surface area contributed by atoms with Gasteiger partial charge in [0.05, 0.1) is 19.2 Å². The molecule has 1 N–H and O–H groups in total. The van der Waals surface area contributed by atoms with E-state index in [2.05, 4.69) is 10.1 Å². The van der Waals surface area contributed by atoms with E-state index in [4.69, 9.17) is 0 Å². The summed E-state index contributed by atoms with van der Waals surface area (Å²) in [7, 11) is 1.31. The van der Waals surface area contributed by atoms with Gasteiger partial charge in [0.2, 0.25) is 0 Å². The van der Waals surface area contributed by atoms with Crippen LogP contribution in [0.2, 0.25) is 0 Å². The van der Waals surface area contributed by atoms with Crippen LogP contribution < -0.4 is 5.32 Å². The molecule has 3 amide bonds. The van der Waals surface area contributed by atoms with E-state index in [1.54, 1.807) is 30.3 Å². The van der Waals surface area contributed by atoms with Crippen molar-refractivity contribution in [2.75, 3.05) is 7.11 Å². The van der Waals surface area contributed by atoms with Crippen LogP contribution in [0.15, 0.2) is 54.2 Å². The van der Waals surface area contributed by atoms with Gasteiger partial charge >= 0.3 is 12.0 Å². The number of benzene rings is 2. The van der Waals surface area contributed by atoms with Gasteiger partial charge in [0.15, 0.2) is 0 Å². The van der Waals surface area contributed by atoms with Crippen molar-refractivity contribution in [2.45, 2.75) is 13.5 Å². The van der Waals surface area contributed by atoms with Crippen molar-refractivity contribution >= 4 is 24.0 Å². The molecule has 0 aliphatic carbocycles. The predicted octanol–water partition coefficient (Wildman–Crippen LogP) is 2.87. The summed E-state index contributed by atoms with van der Waals surface area (Å²) >= 11 is 0. The standard InChI is InChI=1S/C20H18N2O4/c1-13-3-5-15(6-4-13)12-22-18(23)17(21-20(22)25)11-14-7-9-16(10-8-14)19(24)26-2/h3-11H,12H2,1-2H3,(H,21,25)/b17-11+. The van der Waals surface area contributed by atoms with E-state index < -0.39 is 12.0 Å². The molecule has 132 valence electrons. The molecule has 26 heavy (non-hydrogen) atoms. The van der Waals surface area contributed by atoms with E-state index in [0.717, 1.165) is 11.1 Å². The summed E-state index contributed by atoms with van der Waals surface area (Å²) in [4.78, 5) is 37.3. The first-order valence-corrected chi connectivity index (χ1v) is 8.06. The maximum absolute atomic E-state index is 12.5. The Balaban J connectivity index is 1.76. The third-order valence-corrected chi connectivity index (χ3v) is 4.07. The molecule has 0 aromatic heterocycles. The highest BCUT2D eigenvalue weighted by Crippen LogP contribution is 2.17. The van der Waals surface area contributed by atoms with Crippen LogP contribution in [0, 0.1) is 6.92 Å². The Bertz CT molecular complexity index is 883. The van der Waals surface area contributed by atoms with E-state index in [-0.39, 0.29) is 18.1 Å². The summed E-state index contributed by atoms with van der Waals surface area (Å²) in [6.07, 6.45) is 1.58.